The lowest BCUT2D eigenvalue weighted by Gasteiger charge is -2.35. The van der Waals surface area contributed by atoms with Crippen LogP contribution in [0.2, 0.25) is 0 Å². The zero-order valence-corrected chi connectivity index (χ0v) is 27.9. The van der Waals surface area contributed by atoms with E-state index in [1.165, 1.54) is 10.5 Å². The minimum atomic E-state index is -1.000. The summed E-state index contributed by atoms with van der Waals surface area (Å²) in [5.74, 6) is -0.196. The summed E-state index contributed by atoms with van der Waals surface area (Å²) >= 11 is 0. The SMILES string of the molecule is C[C@@H]1Cc2ccccc2CN1C(=O)c1cc2c(cc1-c1cc(C(=O)N(c3ccccc3)c3ccc(O)cc3)c3n1CCCC3)CN(C(=O)O)C2. The molecule has 0 bridgehead atoms. The normalized spacial score (nSPS) is 16.4. The number of benzene rings is 4. The molecule has 3 aliphatic rings. The fraction of sp³-hybridized carbons (Fsp3) is 0.244. The van der Waals surface area contributed by atoms with Crippen LogP contribution in [0.5, 0.6) is 5.75 Å². The van der Waals surface area contributed by atoms with Crippen molar-refractivity contribution >= 4 is 29.3 Å². The van der Waals surface area contributed by atoms with Gasteiger partial charge in [0, 0.05) is 66.1 Å². The number of aromatic nitrogens is 1. The lowest BCUT2D eigenvalue weighted by atomic mass is 9.92. The third-order valence-electron chi connectivity index (χ3n) is 10.4. The maximum Gasteiger partial charge on any atom is 0.407 e. The monoisotopic (exact) mass is 666 g/mol. The van der Waals surface area contributed by atoms with Gasteiger partial charge in [-0.05, 0) is 109 Å². The smallest absolute Gasteiger partial charge is 0.407 e. The summed E-state index contributed by atoms with van der Waals surface area (Å²) in [6, 6.07) is 30.1. The second-order valence-electron chi connectivity index (χ2n) is 13.6. The number of para-hydroxylation sites is 1. The molecule has 0 spiro atoms. The summed E-state index contributed by atoms with van der Waals surface area (Å²) in [4.78, 5) is 46.5. The van der Waals surface area contributed by atoms with Gasteiger partial charge in [0.05, 0.1) is 5.56 Å². The van der Waals surface area contributed by atoms with Crippen LogP contribution in [-0.4, -0.2) is 48.5 Å². The molecule has 2 N–H and O–H groups in total. The second kappa shape index (κ2) is 12.6. The van der Waals surface area contributed by atoms with E-state index in [1.807, 2.05) is 65.6 Å². The maximum absolute atomic E-state index is 14.8. The van der Waals surface area contributed by atoms with E-state index < -0.39 is 6.09 Å². The number of hydrogen-bond acceptors (Lipinski definition) is 4. The highest BCUT2D eigenvalue weighted by Gasteiger charge is 2.34. The summed E-state index contributed by atoms with van der Waals surface area (Å²) in [5.41, 5.74) is 8.88. The van der Waals surface area contributed by atoms with Gasteiger partial charge >= 0.3 is 6.09 Å². The standard InChI is InChI=1S/C41H38N4O5/c1-26-19-27-9-5-6-10-28(27)25-44(26)39(47)35-21-30-24-42(41(49)50)23-29(30)20-34(35)38-22-36(37-13-7-8-18-43(37)38)40(48)45(31-11-3-2-4-12-31)32-14-16-33(46)17-15-32/h2-6,9-12,14-17,20-22,26,46H,7-8,13,18-19,23-25H2,1H3,(H,49,50)/t26-/m1/s1. The van der Waals surface area contributed by atoms with E-state index in [-0.39, 0.29) is 36.7 Å². The number of phenols is 1. The molecule has 9 heteroatoms. The number of aromatic hydroxyl groups is 1. The van der Waals surface area contributed by atoms with Crippen molar-refractivity contribution in [2.24, 2.45) is 0 Å². The number of carboxylic acid groups (broad SMARTS) is 1. The third kappa shape index (κ3) is 5.48. The Hall–Kier alpha value is -5.83. The Labute approximate surface area is 290 Å². The summed E-state index contributed by atoms with van der Waals surface area (Å²) in [5, 5.41) is 19.9. The lowest BCUT2D eigenvalue weighted by Crippen LogP contribution is -2.42. The van der Waals surface area contributed by atoms with Crippen LogP contribution in [0.1, 0.15) is 68.4 Å². The second-order valence-corrected chi connectivity index (χ2v) is 13.6. The van der Waals surface area contributed by atoms with Gasteiger partial charge in [-0.2, -0.15) is 0 Å². The van der Waals surface area contributed by atoms with Crippen LogP contribution in [0.15, 0.2) is 97.1 Å². The van der Waals surface area contributed by atoms with Gasteiger partial charge in [0.1, 0.15) is 5.75 Å². The van der Waals surface area contributed by atoms with Crippen molar-refractivity contribution in [3.05, 3.63) is 136 Å². The number of carbonyl (C=O) groups excluding carboxylic acids is 2. The Balaban J connectivity index is 1.27. The Morgan fingerprint density at radius 1 is 0.740 bits per heavy atom. The number of nitrogens with zero attached hydrogens (tertiary/aromatic N) is 4. The third-order valence-corrected chi connectivity index (χ3v) is 10.4. The number of amides is 3. The lowest BCUT2D eigenvalue weighted by molar-refractivity contribution is 0.0658. The molecule has 50 heavy (non-hydrogen) atoms. The average Bonchev–Trinajstić information content (AvgIpc) is 3.74. The highest BCUT2D eigenvalue weighted by Crippen LogP contribution is 2.39. The highest BCUT2D eigenvalue weighted by atomic mass is 16.4. The fourth-order valence-corrected chi connectivity index (χ4v) is 7.85. The molecule has 3 amide bonds. The molecular weight excluding hydrogens is 628 g/mol. The molecule has 5 aromatic rings. The first kappa shape index (κ1) is 31.4. The Kier molecular flexibility index (Phi) is 7.90. The van der Waals surface area contributed by atoms with Crippen LogP contribution in [0.4, 0.5) is 16.2 Å². The van der Waals surface area contributed by atoms with Crippen molar-refractivity contribution in [2.45, 2.75) is 64.8 Å². The average molecular weight is 667 g/mol. The molecule has 1 aromatic heterocycles. The van der Waals surface area contributed by atoms with Crippen LogP contribution in [-0.2, 0) is 39.0 Å². The molecule has 252 valence electrons. The van der Waals surface area contributed by atoms with Gasteiger partial charge in [-0.1, -0.05) is 42.5 Å². The van der Waals surface area contributed by atoms with Crippen LogP contribution in [0.25, 0.3) is 11.3 Å². The molecule has 0 unspecified atom stereocenters. The zero-order chi connectivity index (χ0) is 34.5. The molecule has 3 aliphatic heterocycles. The van der Waals surface area contributed by atoms with E-state index in [2.05, 4.69) is 23.6 Å². The Bertz CT molecular complexity index is 2140. The van der Waals surface area contributed by atoms with E-state index in [0.717, 1.165) is 47.3 Å². The molecule has 1 atom stereocenters. The molecular formula is C41H38N4O5. The van der Waals surface area contributed by atoms with E-state index in [1.54, 1.807) is 29.2 Å². The van der Waals surface area contributed by atoms with Gasteiger partial charge in [-0.25, -0.2) is 4.79 Å². The van der Waals surface area contributed by atoms with Gasteiger partial charge in [0.2, 0.25) is 0 Å². The van der Waals surface area contributed by atoms with Crippen LogP contribution in [0, 0.1) is 0 Å². The van der Waals surface area contributed by atoms with Gasteiger partial charge < -0.3 is 19.7 Å². The van der Waals surface area contributed by atoms with Crippen molar-refractivity contribution < 1.29 is 24.6 Å². The quantitative estimate of drug-likeness (QED) is 0.200. The van der Waals surface area contributed by atoms with Crippen molar-refractivity contribution in [1.29, 1.82) is 0 Å². The van der Waals surface area contributed by atoms with E-state index in [9.17, 15) is 24.6 Å². The van der Waals surface area contributed by atoms with E-state index in [4.69, 9.17) is 0 Å². The predicted molar refractivity (Wildman–Crippen MR) is 191 cm³/mol. The summed E-state index contributed by atoms with van der Waals surface area (Å²) in [6.07, 6.45) is 2.33. The number of hydrogen-bond donors (Lipinski definition) is 2. The van der Waals surface area contributed by atoms with Gasteiger partial charge in [-0.15, -0.1) is 0 Å². The summed E-state index contributed by atoms with van der Waals surface area (Å²) < 4.78 is 2.19. The van der Waals surface area contributed by atoms with Crippen molar-refractivity contribution in [3.8, 4) is 17.0 Å². The largest absolute Gasteiger partial charge is 0.508 e. The van der Waals surface area contributed by atoms with Crippen LogP contribution < -0.4 is 4.90 Å². The first-order valence-corrected chi connectivity index (χ1v) is 17.2. The minimum absolute atomic E-state index is 0.0304. The molecule has 0 aliphatic carbocycles. The molecule has 0 fully saturated rings. The van der Waals surface area contributed by atoms with Gasteiger partial charge in [-0.3, -0.25) is 19.4 Å². The number of phenolic OH excluding ortho intramolecular Hbond substituents is 1. The zero-order valence-electron chi connectivity index (χ0n) is 27.9. The summed E-state index contributed by atoms with van der Waals surface area (Å²) in [6.45, 7) is 3.72. The summed E-state index contributed by atoms with van der Waals surface area (Å²) in [7, 11) is 0. The molecule has 4 heterocycles. The number of anilines is 2. The molecule has 0 saturated heterocycles. The van der Waals surface area contributed by atoms with Crippen LogP contribution in [0.3, 0.4) is 0 Å². The molecule has 8 rings (SSSR count). The Morgan fingerprint density at radius 3 is 2.16 bits per heavy atom. The first-order chi connectivity index (χ1) is 24.3. The van der Waals surface area contributed by atoms with Gasteiger partial charge in [0.25, 0.3) is 11.8 Å². The number of carbonyl (C=O) groups is 3. The number of rotatable bonds is 5. The molecule has 9 nitrogen and oxygen atoms in total. The first-order valence-electron chi connectivity index (χ1n) is 17.2. The molecule has 0 radical (unpaired) electrons. The van der Waals surface area contributed by atoms with Crippen molar-refractivity contribution in [2.75, 3.05) is 4.90 Å². The van der Waals surface area contributed by atoms with Gasteiger partial charge in [0.15, 0.2) is 0 Å². The highest BCUT2D eigenvalue weighted by molar-refractivity contribution is 6.12. The van der Waals surface area contributed by atoms with Crippen molar-refractivity contribution in [3.63, 3.8) is 0 Å². The Morgan fingerprint density at radius 2 is 1.42 bits per heavy atom. The fourth-order valence-electron chi connectivity index (χ4n) is 7.85. The predicted octanol–water partition coefficient (Wildman–Crippen LogP) is 7.76. The minimum Gasteiger partial charge on any atom is -0.508 e. The topological polar surface area (TPSA) is 106 Å². The van der Waals surface area contributed by atoms with E-state index >= 15 is 0 Å². The van der Waals surface area contributed by atoms with Crippen LogP contribution >= 0.6 is 0 Å². The maximum atomic E-state index is 14.8. The van der Waals surface area contributed by atoms with Crippen molar-refractivity contribution in [1.82, 2.24) is 14.4 Å². The molecule has 0 saturated carbocycles. The number of fused-ring (bicyclic) bond motifs is 3. The van der Waals surface area contributed by atoms with E-state index in [0.29, 0.717) is 47.6 Å². The molecule has 4 aromatic carbocycles.